The molecule has 1 aliphatic heterocycles. The van der Waals surface area contributed by atoms with E-state index >= 15 is 0 Å². The van der Waals surface area contributed by atoms with E-state index in [-0.39, 0.29) is 17.1 Å². The number of esters is 1. The smallest absolute Gasteiger partial charge is 0.314 e. The number of benzene rings is 2. The predicted octanol–water partition coefficient (Wildman–Crippen LogP) is 2.75. The first kappa shape index (κ1) is 19.8. The van der Waals surface area contributed by atoms with Crippen LogP contribution in [0.3, 0.4) is 0 Å². The van der Waals surface area contributed by atoms with Gasteiger partial charge in [0.15, 0.2) is 0 Å². The van der Waals surface area contributed by atoms with Gasteiger partial charge in [-0.2, -0.15) is 0 Å². The van der Waals surface area contributed by atoms with Gasteiger partial charge in [0.25, 0.3) is 8.32 Å². The molecule has 3 rings (SSSR count). The van der Waals surface area contributed by atoms with Crippen molar-refractivity contribution in [2.75, 3.05) is 20.3 Å². The standard InChI is InChI=1S/C22H28O4Si/c1-22(2,3)27(17-11-7-5-8-12-17,18-13-9-6-10-14-18)26-15-19-20(24-4)16-25-21(19)23/h5-14,19-20H,15-16H2,1-4H3. The highest BCUT2D eigenvalue weighted by molar-refractivity contribution is 6.99. The number of carbonyl (C=O) groups excluding carboxylic acids is 1. The van der Waals surface area contributed by atoms with Crippen molar-refractivity contribution in [3.05, 3.63) is 60.7 Å². The van der Waals surface area contributed by atoms with E-state index in [9.17, 15) is 4.79 Å². The number of ether oxygens (including phenoxy) is 2. The lowest BCUT2D eigenvalue weighted by Gasteiger charge is -2.43. The summed E-state index contributed by atoms with van der Waals surface area (Å²) >= 11 is 0. The van der Waals surface area contributed by atoms with E-state index in [0.29, 0.717) is 13.2 Å². The average Bonchev–Trinajstić information content (AvgIpc) is 3.03. The highest BCUT2D eigenvalue weighted by atomic mass is 28.4. The van der Waals surface area contributed by atoms with Crippen LogP contribution in [0.25, 0.3) is 0 Å². The van der Waals surface area contributed by atoms with Crippen LogP contribution in [0.15, 0.2) is 60.7 Å². The minimum Gasteiger partial charge on any atom is -0.463 e. The first-order valence-electron chi connectivity index (χ1n) is 9.34. The van der Waals surface area contributed by atoms with Crippen molar-refractivity contribution in [2.45, 2.75) is 31.9 Å². The van der Waals surface area contributed by atoms with Crippen LogP contribution >= 0.6 is 0 Å². The normalized spacial score (nSPS) is 20.5. The zero-order valence-electron chi connectivity index (χ0n) is 16.5. The monoisotopic (exact) mass is 384 g/mol. The summed E-state index contributed by atoms with van der Waals surface area (Å²) in [6.45, 7) is 7.26. The molecule has 0 bridgehead atoms. The summed E-state index contributed by atoms with van der Waals surface area (Å²) < 4.78 is 17.5. The average molecular weight is 385 g/mol. The van der Waals surface area contributed by atoms with Crippen molar-refractivity contribution in [2.24, 2.45) is 5.92 Å². The molecule has 4 nitrogen and oxygen atoms in total. The quantitative estimate of drug-likeness (QED) is 0.567. The SMILES string of the molecule is COC1COC(=O)C1CO[Si](c1ccccc1)(c1ccccc1)C(C)(C)C. The molecular weight excluding hydrogens is 356 g/mol. The van der Waals surface area contributed by atoms with Gasteiger partial charge in [-0.25, -0.2) is 0 Å². The number of carbonyl (C=O) groups is 1. The summed E-state index contributed by atoms with van der Waals surface area (Å²) in [4.78, 5) is 12.2. The summed E-state index contributed by atoms with van der Waals surface area (Å²) in [5, 5.41) is 2.27. The van der Waals surface area contributed by atoms with Crippen molar-refractivity contribution < 1.29 is 18.7 Å². The third-order valence-corrected chi connectivity index (χ3v) is 10.3. The van der Waals surface area contributed by atoms with E-state index in [2.05, 4.69) is 69.3 Å². The first-order chi connectivity index (χ1) is 12.9. The molecular formula is C22H28O4Si. The maximum absolute atomic E-state index is 12.2. The molecule has 1 fully saturated rings. The van der Waals surface area contributed by atoms with Crippen molar-refractivity contribution in [1.82, 2.24) is 0 Å². The molecule has 0 aromatic heterocycles. The van der Waals surface area contributed by atoms with Crippen LogP contribution in [-0.2, 0) is 18.7 Å². The number of rotatable bonds is 6. The minimum absolute atomic E-state index is 0.124. The molecule has 27 heavy (non-hydrogen) atoms. The van der Waals surface area contributed by atoms with Gasteiger partial charge < -0.3 is 13.9 Å². The van der Waals surface area contributed by atoms with Gasteiger partial charge >= 0.3 is 5.97 Å². The zero-order valence-corrected chi connectivity index (χ0v) is 17.5. The topological polar surface area (TPSA) is 44.8 Å². The van der Waals surface area contributed by atoms with E-state index in [1.807, 2.05) is 12.1 Å². The van der Waals surface area contributed by atoms with Gasteiger partial charge in [0.1, 0.15) is 18.6 Å². The van der Waals surface area contributed by atoms with E-state index in [0.717, 1.165) is 0 Å². The highest BCUT2D eigenvalue weighted by Gasteiger charge is 2.51. The molecule has 0 radical (unpaired) electrons. The van der Waals surface area contributed by atoms with Crippen LogP contribution in [0.1, 0.15) is 20.8 Å². The Kier molecular flexibility index (Phi) is 5.84. The molecule has 0 saturated carbocycles. The van der Waals surface area contributed by atoms with Crippen LogP contribution < -0.4 is 10.4 Å². The molecule has 2 atom stereocenters. The Morgan fingerprint density at radius 2 is 1.52 bits per heavy atom. The van der Waals surface area contributed by atoms with Crippen LogP contribution in [0.2, 0.25) is 5.04 Å². The fourth-order valence-corrected chi connectivity index (χ4v) is 8.51. The zero-order chi connectivity index (χ0) is 19.5. The molecule has 2 aromatic rings. The third kappa shape index (κ3) is 3.72. The number of hydrogen-bond donors (Lipinski definition) is 0. The fourth-order valence-electron chi connectivity index (χ4n) is 3.92. The Labute approximate surface area is 162 Å². The molecule has 144 valence electrons. The van der Waals surface area contributed by atoms with Crippen molar-refractivity contribution in [3.8, 4) is 0 Å². The maximum Gasteiger partial charge on any atom is 0.314 e. The number of methoxy groups -OCH3 is 1. The molecule has 0 amide bonds. The summed E-state index contributed by atoms with van der Waals surface area (Å²) in [6.07, 6.45) is -0.254. The Bertz CT molecular complexity index is 715. The molecule has 1 saturated heterocycles. The molecule has 0 spiro atoms. The largest absolute Gasteiger partial charge is 0.463 e. The van der Waals surface area contributed by atoms with Crippen molar-refractivity contribution >= 4 is 24.7 Å². The Morgan fingerprint density at radius 3 is 1.96 bits per heavy atom. The molecule has 1 heterocycles. The van der Waals surface area contributed by atoms with Crippen LogP contribution in [0.5, 0.6) is 0 Å². The molecule has 0 N–H and O–H groups in total. The van der Waals surface area contributed by atoms with E-state index in [4.69, 9.17) is 13.9 Å². The summed E-state index contributed by atoms with van der Waals surface area (Å²) in [6, 6.07) is 20.8. The number of hydrogen-bond acceptors (Lipinski definition) is 4. The van der Waals surface area contributed by atoms with Crippen LogP contribution in [-0.4, -0.2) is 40.7 Å². The molecule has 5 heteroatoms. The van der Waals surface area contributed by atoms with E-state index in [1.54, 1.807) is 7.11 Å². The van der Waals surface area contributed by atoms with Crippen molar-refractivity contribution in [3.63, 3.8) is 0 Å². The minimum atomic E-state index is -2.65. The lowest BCUT2D eigenvalue weighted by atomic mass is 10.1. The van der Waals surface area contributed by atoms with Gasteiger partial charge in [-0.1, -0.05) is 81.4 Å². The second kappa shape index (κ2) is 7.96. The first-order valence-corrected chi connectivity index (χ1v) is 11.3. The van der Waals surface area contributed by atoms with E-state index < -0.39 is 14.2 Å². The lowest BCUT2D eigenvalue weighted by molar-refractivity contribution is -0.142. The molecule has 1 aliphatic rings. The van der Waals surface area contributed by atoms with Gasteiger partial charge in [0.05, 0.1) is 6.61 Å². The Morgan fingerprint density at radius 1 is 1.00 bits per heavy atom. The Balaban J connectivity index is 2.05. The van der Waals surface area contributed by atoms with Gasteiger partial charge in [0, 0.05) is 7.11 Å². The number of cyclic esters (lactones) is 1. The highest BCUT2D eigenvalue weighted by Crippen LogP contribution is 2.37. The second-order valence-electron chi connectivity index (χ2n) is 7.98. The molecule has 0 aliphatic carbocycles. The van der Waals surface area contributed by atoms with E-state index in [1.165, 1.54) is 10.4 Å². The lowest BCUT2D eigenvalue weighted by Crippen LogP contribution is -2.67. The van der Waals surface area contributed by atoms with Crippen molar-refractivity contribution in [1.29, 1.82) is 0 Å². The van der Waals surface area contributed by atoms with Gasteiger partial charge in [0.2, 0.25) is 0 Å². The van der Waals surface area contributed by atoms with Gasteiger partial charge in [-0.3, -0.25) is 4.79 Å². The maximum atomic E-state index is 12.2. The predicted molar refractivity (Wildman–Crippen MR) is 109 cm³/mol. The molecule has 2 unspecified atom stereocenters. The molecule has 2 aromatic carbocycles. The van der Waals surface area contributed by atoms with Crippen LogP contribution in [0.4, 0.5) is 0 Å². The fraction of sp³-hybridized carbons (Fsp3) is 0.409. The summed E-state index contributed by atoms with van der Waals surface area (Å²) in [5.41, 5.74) is 0. The summed E-state index contributed by atoms with van der Waals surface area (Å²) in [5.74, 6) is -0.628. The third-order valence-electron chi connectivity index (χ3n) is 5.34. The Hall–Kier alpha value is -1.95. The van der Waals surface area contributed by atoms with Crippen LogP contribution in [0, 0.1) is 5.92 Å². The van der Waals surface area contributed by atoms with Gasteiger partial charge in [-0.15, -0.1) is 0 Å². The summed E-state index contributed by atoms with van der Waals surface area (Å²) in [7, 11) is -1.04. The van der Waals surface area contributed by atoms with Gasteiger partial charge in [-0.05, 0) is 15.4 Å². The second-order valence-corrected chi connectivity index (χ2v) is 12.3.